The molecule has 0 saturated heterocycles. The molecule has 0 amide bonds. The summed E-state index contributed by atoms with van der Waals surface area (Å²) < 4.78 is 0. The standard InChI is InChI=1S/C11H8Cl2N2S/c12-4-9-6-16-11-14-10-3-8(13)2-1-7(10)5-15(9)11/h1-3,6H,4-5H2. The third kappa shape index (κ3) is 1.63. The topological polar surface area (TPSA) is 15.6 Å². The third-order valence-electron chi connectivity index (χ3n) is 2.61. The summed E-state index contributed by atoms with van der Waals surface area (Å²) in [6.07, 6.45) is 0. The molecule has 1 aromatic carbocycles. The number of thioether (sulfide) groups is 1. The number of allylic oxidation sites excluding steroid dienone is 1. The first-order valence-corrected chi connectivity index (χ1v) is 6.63. The van der Waals surface area contributed by atoms with Gasteiger partial charge in [0.25, 0.3) is 0 Å². The summed E-state index contributed by atoms with van der Waals surface area (Å²) in [4.78, 5) is 6.72. The minimum atomic E-state index is 0.523. The molecule has 2 heterocycles. The van der Waals surface area contributed by atoms with Crippen molar-refractivity contribution in [3.05, 3.63) is 39.9 Å². The van der Waals surface area contributed by atoms with Gasteiger partial charge >= 0.3 is 0 Å². The summed E-state index contributed by atoms with van der Waals surface area (Å²) in [5.74, 6) is 0.523. The molecular weight excluding hydrogens is 263 g/mol. The maximum Gasteiger partial charge on any atom is 0.173 e. The maximum atomic E-state index is 5.95. The molecule has 16 heavy (non-hydrogen) atoms. The molecule has 2 nitrogen and oxygen atoms in total. The zero-order valence-corrected chi connectivity index (χ0v) is 10.6. The second-order valence-electron chi connectivity index (χ2n) is 3.61. The highest BCUT2D eigenvalue weighted by Crippen LogP contribution is 2.37. The first-order valence-electron chi connectivity index (χ1n) is 4.84. The highest BCUT2D eigenvalue weighted by molar-refractivity contribution is 8.16. The zero-order chi connectivity index (χ0) is 11.1. The SMILES string of the molecule is ClCC1=CSC2=Nc3cc(Cl)ccc3CN12. The van der Waals surface area contributed by atoms with Crippen LogP contribution in [0.1, 0.15) is 5.56 Å². The fourth-order valence-corrected chi connectivity index (χ4v) is 3.17. The van der Waals surface area contributed by atoms with Crippen molar-refractivity contribution in [3.8, 4) is 0 Å². The average Bonchev–Trinajstić information content (AvgIpc) is 2.68. The Labute approximate surface area is 108 Å². The molecular formula is C11H8Cl2N2S. The first-order chi connectivity index (χ1) is 7.78. The summed E-state index contributed by atoms with van der Waals surface area (Å²) in [7, 11) is 0. The number of amidine groups is 1. The van der Waals surface area contributed by atoms with Crippen LogP contribution in [0.3, 0.4) is 0 Å². The molecule has 0 N–H and O–H groups in total. The average molecular weight is 271 g/mol. The number of nitrogens with zero attached hydrogens (tertiary/aromatic N) is 2. The van der Waals surface area contributed by atoms with Crippen molar-refractivity contribution < 1.29 is 0 Å². The quantitative estimate of drug-likeness (QED) is 0.718. The Balaban J connectivity index is 2.03. The highest BCUT2D eigenvalue weighted by atomic mass is 35.5. The minimum absolute atomic E-state index is 0.523. The summed E-state index contributed by atoms with van der Waals surface area (Å²) in [6.45, 7) is 0.830. The van der Waals surface area contributed by atoms with Gasteiger partial charge in [-0.15, -0.1) is 11.6 Å². The molecule has 0 spiro atoms. The van der Waals surface area contributed by atoms with Crippen LogP contribution in [0.4, 0.5) is 5.69 Å². The Morgan fingerprint density at radius 3 is 3.12 bits per heavy atom. The van der Waals surface area contributed by atoms with Crippen LogP contribution < -0.4 is 0 Å². The van der Waals surface area contributed by atoms with E-state index >= 15 is 0 Å². The second kappa shape index (κ2) is 3.99. The Bertz CT molecular complexity index is 511. The van der Waals surface area contributed by atoms with Crippen LogP contribution in [0.25, 0.3) is 0 Å². The molecule has 0 bridgehead atoms. The number of halogens is 2. The van der Waals surface area contributed by atoms with E-state index in [1.807, 2.05) is 18.2 Å². The third-order valence-corrected chi connectivity index (χ3v) is 4.03. The van der Waals surface area contributed by atoms with Gasteiger partial charge in [-0.2, -0.15) is 0 Å². The van der Waals surface area contributed by atoms with E-state index in [-0.39, 0.29) is 0 Å². The molecule has 0 fully saturated rings. The number of rotatable bonds is 1. The van der Waals surface area contributed by atoms with Crippen molar-refractivity contribution in [3.63, 3.8) is 0 Å². The summed E-state index contributed by atoms with van der Waals surface area (Å²) in [5.41, 5.74) is 3.27. The minimum Gasteiger partial charge on any atom is -0.318 e. The van der Waals surface area contributed by atoms with Crippen LogP contribution >= 0.6 is 35.0 Å². The number of alkyl halides is 1. The Kier molecular flexibility index (Phi) is 2.62. The van der Waals surface area contributed by atoms with E-state index in [0.717, 1.165) is 28.1 Å². The van der Waals surface area contributed by atoms with Crippen LogP contribution in [0.2, 0.25) is 5.02 Å². The summed E-state index contributed by atoms with van der Waals surface area (Å²) in [6, 6.07) is 5.82. The Morgan fingerprint density at radius 1 is 1.44 bits per heavy atom. The molecule has 0 aliphatic carbocycles. The zero-order valence-electron chi connectivity index (χ0n) is 8.28. The Morgan fingerprint density at radius 2 is 2.31 bits per heavy atom. The number of benzene rings is 1. The number of hydrogen-bond donors (Lipinski definition) is 0. The van der Waals surface area contributed by atoms with E-state index in [2.05, 4.69) is 15.3 Å². The lowest BCUT2D eigenvalue weighted by molar-refractivity contribution is 0.518. The smallest absolute Gasteiger partial charge is 0.173 e. The lowest BCUT2D eigenvalue weighted by Gasteiger charge is -2.26. The summed E-state index contributed by atoms with van der Waals surface area (Å²) >= 11 is 13.4. The Hall–Kier alpha value is -0.640. The van der Waals surface area contributed by atoms with Gasteiger partial charge in [-0.1, -0.05) is 29.4 Å². The van der Waals surface area contributed by atoms with Crippen LogP contribution in [0.15, 0.2) is 34.3 Å². The van der Waals surface area contributed by atoms with Gasteiger partial charge in [-0.05, 0) is 23.1 Å². The molecule has 5 heteroatoms. The molecule has 0 radical (unpaired) electrons. The fourth-order valence-electron chi connectivity index (χ4n) is 1.78. The van der Waals surface area contributed by atoms with Crippen LogP contribution in [0.5, 0.6) is 0 Å². The lowest BCUT2D eigenvalue weighted by Crippen LogP contribution is -2.26. The van der Waals surface area contributed by atoms with Gasteiger partial charge in [0.15, 0.2) is 5.17 Å². The molecule has 2 aliphatic heterocycles. The van der Waals surface area contributed by atoms with E-state index in [0.29, 0.717) is 5.88 Å². The van der Waals surface area contributed by atoms with Gasteiger partial charge in [0.2, 0.25) is 0 Å². The molecule has 0 unspecified atom stereocenters. The van der Waals surface area contributed by atoms with Gasteiger partial charge in [-0.25, -0.2) is 4.99 Å². The van der Waals surface area contributed by atoms with E-state index in [4.69, 9.17) is 23.2 Å². The van der Waals surface area contributed by atoms with Crippen LogP contribution in [-0.2, 0) is 6.54 Å². The van der Waals surface area contributed by atoms with Crippen molar-refractivity contribution >= 4 is 45.8 Å². The second-order valence-corrected chi connectivity index (χ2v) is 5.15. The first kappa shape index (κ1) is 10.5. The van der Waals surface area contributed by atoms with Crippen molar-refractivity contribution in [2.45, 2.75) is 6.54 Å². The van der Waals surface area contributed by atoms with Gasteiger partial charge < -0.3 is 4.90 Å². The van der Waals surface area contributed by atoms with Gasteiger partial charge in [-0.3, -0.25) is 0 Å². The van der Waals surface area contributed by atoms with Crippen molar-refractivity contribution in [2.75, 3.05) is 5.88 Å². The number of aliphatic imine (C=N–C) groups is 1. The predicted octanol–water partition coefficient (Wildman–Crippen LogP) is 3.97. The van der Waals surface area contributed by atoms with Crippen LogP contribution in [0, 0.1) is 0 Å². The predicted molar refractivity (Wildman–Crippen MR) is 70.5 cm³/mol. The molecule has 0 saturated carbocycles. The number of hydrogen-bond acceptors (Lipinski definition) is 3. The van der Waals surface area contributed by atoms with Gasteiger partial charge in [0.05, 0.1) is 18.1 Å². The fraction of sp³-hybridized carbons (Fsp3) is 0.182. The normalized spacial score (nSPS) is 17.8. The van der Waals surface area contributed by atoms with E-state index in [9.17, 15) is 0 Å². The van der Waals surface area contributed by atoms with Crippen molar-refractivity contribution in [1.82, 2.24) is 4.90 Å². The maximum absolute atomic E-state index is 5.95. The molecule has 0 atom stereocenters. The number of fused-ring (bicyclic) bond motifs is 2. The van der Waals surface area contributed by atoms with E-state index < -0.39 is 0 Å². The molecule has 1 aromatic rings. The van der Waals surface area contributed by atoms with Gasteiger partial charge in [0, 0.05) is 10.7 Å². The molecule has 82 valence electrons. The largest absolute Gasteiger partial charge is 0.318 e. The van der Waals surface area contributed by atoms with Crippen LogP contribution in [-0.4, -0.2) is 15.9 Å². The lowest BCUT2D eigenvalue weighted by atomic mass is 10.1. The van der Waals surface area contributed by atoms with Crippen molar-refractivity contribution in [1.29, 1.82) is 0 Å². The van der Waals surface area contributed by atoms with Crippen molar-refractivity contribution in [2.24, 2.45) is 4.99 Å². The molecule has 2 aliphatic rings. The van der Waals surface area contributed by atoms with Gasteiger partial charge in [0.1, 0.15) is 0 Å². The monoisotopic (exact) mass is 270 g/mol. The molecule has 3 rings (SSSR count). The summed E-state index contributed by atoms with van der Waals surface area (Å²) in [5, 5.41) is 3.77. The van der Waals surface area contributed by atoms with E-state index in [1.54, 1.807) is 11.8 Å². The highest BCUT2D eigenvalue weighted by Gasteiger charge is 2.26. The van der Waals surface area contributed by atoms with E-state index in [1.165, 1.54) is 5.56 Å². The molecule has 0 aromatic heterocycles.